The monoisotopic (exact) mass is 423 g/mol. The second-order valence-corrected chi connectivity index (χ2v) is 7.69. The molecule has 0 spiro atoms. The summed E-state index contributed by atoms with van der Waals surface area (Å²) in [5.41, 5.74) is 4.77. The van der Waals surface area contributed by atoms with Crippen molar-refractivity contribution in [3.63, 3.8) is 0 Å². The molecule has 158 valence electrons. The minimum absolute atomic E-state index is 0.0380. The molecular weight excluding hydrogens is 403 g/mol. The molecule has 1 N–H and O–H groups in total. The summed E-state index contributed by atoms with van der Waals surface area (Å²) in [7, 11) is 0. The first-order chi connectivity index (χ1) is 14.6. The minimum atomic E-state index is -4.50. The minimum Gasteiger partial charge on any atom is -0.324 e. The predicted octanol–water partition coefficient (Wildman–Crippen LogP) is 6.16. The second-order valence-electron chi connectivity index (χ2n) is 7.69. The summed E-state index contributed by atoms with van der Waals surface area (Å²) < 4.78 is 39.8. The molecule has 1 aromatic heterocycles. The average molecular weight is 423 g/mol. The van der Waals surface area contributed by atoms with Crippen LogP contribution < -0.4 is 5.32 Å². The van der Waals surface area contributed by atoms with E-state index in [0.717, 1.165) is 34.0 Å². The van der Waals surface area contributed by atoms with E-state index in [1.807, 2.05) is 50.4 Å². The summed E-state index contributed by atoms with van der Waals surface area (Å²) in [5.74, 6) is -0.409. The van der Waals surface area contributed by atoms with Gasteiger partial charge in [-0.1, -0.05) is 18.2 Å². The number of halogens is 3. The molecule has 31 heavy (non-hydrogen) atoms. The van der Waals surface area contributed by atoms with Crippen LogP contribution in [0.5, 0.6) is 0 Å². The lowest BCUT2D eigenvalue weighted by molar-refractivity contribution is -0.138. The number of nitrogens with zero attached hydrogens (tertiary/aromatic N) is 2. The van der Waals surface area contributed by atoms with E-state index < -0.39 is 17.6 Å². The standard InChI is InChI=1S/C24H20F3N3O/c1-13-7-15(3)28-12-18(13)16-5-4-6-17(9-16)20-11-23(31)30-22-10-19(24(25,26)27)14(2)8-21(22)29-20/h4-10,12H,11H2,1-3H3,(H,30,31). The number of aromatic nitrogens is 1. The van der Waals surface area contributed by atoms with Gasteiger partial charge < -0.3 is 5.32 Å². The van der Waals surface area contributed by atoms with Crippen molar-refractivity contribution in [1.29, 1.82) is 0 Å². The SMILES string of the molecule is Cc1cc(C)c(-c2cccc(C3=Nc4cc(C)c(C(F)(F)F)cc4NC(=O)C3)c2)cn1. The van der Waals surface area contributed by atoms with Gasteiger partial charge in [0.2, 0.25) is 5.91 Å². The summed E-state index contributed by atoms with van der Waals surface area (Å²) >= 11 is 0. The number of hydrogen-bond acceptors (Lipinski definition) is 3. The Balaban J connectivity index is 1.80. The number of pyridine rings is 1. The highest BCUT2D eigenvalue weighted by Crippen LogP contribution is 2.39. The largest absolute Gasteiger partial charge is 0.416 e. The molecule has 3 aromatic rings. The van der Waals surface area contributed by atoms with Crippen LogP contribution in [0.1, 0.15) is 34.4 Å². The van der Waals surface area contributed by atoms with Crippen LogP contribution in [0.4, 0.5) is 24.5 Å². The smallest absolute Gasteiger partial charge is 0.324 e. The highest BCUT2D eigenvalue weighted by molar-refractivity contribution is 6.17. The third-order valence-electron chi connectivity index (χ3n) is 5.26. The summed E-state index contributed by atoms with van der Waals surface area (Å²) in [5, 5.41) is 2.56. The first-order valence-electron chi connectivity index (χ1n) is 9.75. The van der Waals surface area contributed by atoms with Gasteiger partial charge in [0.25, 0.3) is 0 Å². The van der Waals surface area contributed by atoms with Crippen LogP contribution in [0, 0.1) is 20.8 Å². The maximum absolute atomic E-state index is 13.3. The first kappa shape index (κ1) is 20.8. The van der Waals surface area contributed by atoms with E-state index in [0.29, 0.717) is 11.4 Å². The zero-order valence-electron chi connectivity index (χ0n) is 17.3. The molecule has 0 atom stereocenters. The van der Waals surface area contributed by atoms with E-state index in [4.69, 9.17) is 0 Å². The fraction of sp³-hybridized carbons (Fsp3) is 0.208. The van der Waals surface area contributed by atoms with Crippen LogP contribution in [0.2, 0.25) is 0 Å². The fourth-order valence-corrected chi connectivity index (χ4v) is 3.75. The topological polar surface area (TPSA) is 54.4 Å². The Morgan fingerprint density at radius 3 is 2.42 bits per heavy atom. The van der Waals surface area contributed by atoms with Crippen molar-refractivity contribution in [2.24, 2.45) is 4.99 Å². The Kier molecular flexibility index (Phi) is 5.13. The third-order valence-corrected chi connectivity index (χ3v) is 5.26. The molecule has 2 heterocycles. The number of benzene rings is 2. The van der Waals surface area contributed by atoms with Crippen molar-refractivity contribution in [2.75, 3.05) is 5.32 Å². The number of nitrogens with one attached hydrogen (secondary N) is 1. The number of carbonyl (C=O) groups is 1. The summed E-state index contributed by atoms with van der Waals surface area (Å²) in [6.07, 6.45) is -2.73. The molecule has 1 aliphatic heterocycles. The normalized spacial score (nSPS) is 13.9. The molecule has 0 fully saturated rings. The zero-order valence-corrected chi connectivity index (χ0v) is 17.3. The maximum atomic E-state index is 13.3. The number of anilines is 1. The van der Waals surface area contributed by atoms with E-state index in [-0.39, 0.29) is 17.7 Å². The van der Waals surface area contributed by atoms with E-state index in [9.17, 15) is 18.0 Å². The lowest BCUT2D eigenvalue weighted by Gasteiger charge is -2.13. The number of amides is 1. The van der Waals surface area contributed by atoms with Crippen molar-refractivity contribution in [1.82, 2.24) is 4.98 Å². The molecule has 0 saturated heterocycles. The van der Waals surface area contributed by atoms with Gasteiger partial charge in [0, 0.05) is 17.5 Å². The molecule has 1 aliphatic rings. The molecular formula is C24H20F3N3O. The van der Waals surface area contributed by atoms with Crippen LogP contribution in [0.25, 0.3) is 11.1 Å². The Labute approximate surface area is 177 Å². The lowest BCUT2D eigenvalue weighted by atomic mass is 9.98. The van der Waals surface area contributed by atoms with Crippen molar-refractivity contribution >= 4 is 23.0 Å². The Bertz CT molecular complexity index is 1230. The lowest BCUT2D eigenvalue weighted by Crippen LogP contribution is -2.15. The second kappa shape index (κ2) is 7.65. The van der Waals surface area contributed by atoms with Gasteiger partial charge in [-0.25, -0.2) is 0 Å². The molecule has 0 radical (unpaired) electrons. The molecule has 0 bridgehead atoms. The van der Waals surface area contributed by atoms with Gasteiger partial charge in [0.15, 0.2) is 0 Å². The number of alkyl halides is 3. The summed E-state index contributed by atoms with van der Waals surface area (Å²) in [4.78, 5) is 21.4. The number of carbonyl (C=O) groups excluding carboxylic acids is 1. The maximum Gasteiger partial charge on any atom is 0.416 e. The fourth-order valence-electron chi connectivity index (χ4n) is 3.75. The number of hydrogen-bond donors (Lipinski definition) is 1. The third kappa shape index (κ3) is 4.21. The van der Waals surface area contributed by atoms with Gasteiger partial charge in [0.05, 0.1) is 29.1 Å². The number of fused-ring (bicyclic) bond motifs is 1. The van der Waals surface area contributed by atoms with Gasteiger partial charge in [-0.15, -0.1) is 0 Å². The van der Waals surface area contributed by atoms with Crippen LogP contribution in [0.15, 0.2) is 53.7 Å². The van der Waals surface area contributed by atoms with E-state index in [2.05, 4.69) is 15.3 Å². The first-order valence-corrected chi connectivity index (χ1v) is 9.75. The van der Waals surface area contributed by atoms with Gasteiger partial charge >= 0.3 is 6.18 Å². The van der Waals surface area contributed by atoms with Crippen LogP contribution >= 0.6 is 0 Å². The molecule has 0 unspecified atom stereocenters. The average Bonchev–Trinajstić information content (AvgIpc) is 2.84. The van der Waals surface area contributed by atoms with Crippen molar-refractivity contribution in [3.8, 4) is 11.1 Å². The van der Waals surface area contributed by atoms with E-state index in [1.165, 1.54) is 13.0 Å². The number of rotatable bonds is 2. The molecule has 2 aromatic carbocycles. The summed E-state index contributed by atoms with van der Waals surface area (Å²) in [6.45, 7) is 5.32. The summed E-state index contributed by atoms with van der Waals surface area (Å²) in [6, 6.07) is 11.9. The molecule has 4 nitrogen and oxygen atoms in total. The highest BCUT2D eigenvalue weighted by Gasteiger charge is 2.34. The molecule has 0 aliphatic carbocycles. The van der Waals surface area contributed by atoms with Crippen molar-refractivity contribution < 1.29 is 18.0 Å². The number of aliphatic imine (C=N–C) groups is 1. The van der Waals surface area contributed by atoms with E-state index in [1.54, 1.807) is 0 Å². The van der Waals surface area contributed by atoms with Crippen molar-refractivity contribution in [2.45, 2.75) is 33.4 Å². The Morgan fingerprint density at radius 2 is 1.71 bits per heavy atom. The van der Waals surface area contributed by atoms with Crippen molar-refractivity contribution in [3.05, 3.63) is 76.6 Å². The Morgan fingerprint density at radius 1 is 0.968 bits per heavy atom. The predicted molar refractivity (Wildman–Crippen MR) is 115 cm³/mol. The molecule has 0 saturated carbocycles. The molecule has 4 rings (SSSR count). The molecule has 7 heteroatoms. The van der Waals surface area contributed by atoms with Crippen LogP contribution in [-0.2, 0) is 11.0 Å². The highest BCUT2D eigenvalue weighted by atomic mass is 19.4. The van der Waals surface area contributed by atoms with Gasteiger partial charge in [0.1, 0.15) is 0 Å². The number of aryl methyl sites for hydroxylation is 3. The van der Waals surface area contributed by atoms with Gasteiger partial charge in [-0.2, -0.15) is 13.2 Å². The Hall–Kier alpha value is -3.48. The van der Waals surface area contributed by atoms with Crippen LogP contribution in [0.3, 0.4) is 0 Å². The molecule has 1 amide bonds. The van der Waals surface area contributed by atoms with Crippen LogP contribution in [-0.4, -0.2) is 16.6 Å². The zero-order chi connectivity index (χ0) is 22.3. The van der Waals surface area contributed by atoms with Gasteiger partial charge in [-0.3, -0.25) is 14.8 Å². The van der Waals surface area contributed by atoms with E-state index >= 15 is 0 Å². The van der Waals surface area contributed by atoms with Gasteiger partial charge in [-0.05, 0) is 67.3 Å². The quantitative estimate of drug-likeness (QED) is 0.537.